The predicted molar refractivity (Wildman–Crippen MR) is 95.6 cm³/mol. The number of carbonyl (C=O) groups excluding carboxylic acids is 2. The van der Waals surface area contributed by atoms with Gasteiger partial charge in [0, 0.05) is 43.4 Å². The first-order chi connectivity index (χ1) is 12.7. The number of aromatic nitrogens is 1. The first-order valence-corrected chi connectivity index (χ1v) is 8.81. The van der Waals surface area contributed by atoms with Gasteiger partial charge in [0.15, 0.2) is 0 Å². The normalized spacial score (nSPS) is 25.8. The molecule has 0 aliphatic carbocycles. The van der Waals surface area contributed by atoms with Crippen molar-refractivity contribution in [3.63, 3.8) is 0 Å². The van der Waals surface area contributed by atoms with Crippen molar-refractivity contribution in [2.24, 2.45) is 0 Å². The lowest BCUT2D eigenvalue weighted by molar-refractivity contribution is -0.122. The molecule has 134 valence electrons. The molecule has 2 amide bonds. The number of likely N-dealkylation sites (tertiary alicyclic amines) is 1. The van der Waals surface area contributed by atoms with Gasteiger partial charge >= 0.3 is 0 Å². The lowest BCUT2D eigenvalue weighted by Crippen LogP contribution is -2.55. The Morgan fingerprint density at radius 1 is 1.19 bits per heavy atom. The number of hydrogen-bond donors (Lipinski definition) is 1. The third-order valence-corrected chi connectivity index (χ3v) is 5.18. The zero-order valence-corrected chi connectivity index (χ0v) is 14.4. The van der Waals surface area contributed by atoms with E-state index in [9.17, 15) is 9.59 Å². The molecule has 0 unspecified atom stereocenters. The Bertz CT molecular complexity index is 796. The third-order valence-electron chi connectivity index (χ3n) is 5.18. The molecule has 1 aromatic heterocycles. The summed E-state index contributed by atoms with van der Waals surface area (Å²) in [7, 11) is 0. The van der Waals surface area contributed by atoms with Gasteiger partial charge in [0.25, 0.3) is 5.91 Å². The van der Waals surface area contributed by atoms with Crippen LogP contribution in [0.25, 0.3) is 0 Å². The van der Waals surface area contributed by atoms with Crippen LogP contribution in [0, 0.1) is 0 Å². The summed E-state index contributed by atoms with van der Waals surface area (Å²) in [6.07, 6.45) is 3.58. The molecule has 26 heavy (non-hydrogen) atoms. The zero-order chi connectivity index (χ0) is 18.0. The third kappa shape index (κ3) is 3.08. The summed E-state index contributed by atoms with van der Waals surface area (Å²) < 4.78 is 5.76. The van der Waals surface area contributed by atoms with Crippen LogP contribution in [0.4, 0.5) is 0 Å². The molecule has 2 saturated heterocycles. The Hall–Kier alpha value is -2.73. The highest BCUT2D eigenvalue weighted by molar-refractivity contribution is 5.94. The van der Waals surface area contributed by atoms with Crippen molar-refractivity contribution in [3.05, 3.63) is 66.0 Å². The van der Waals surface area contributed by atoms with Crippen LogP contribution in [-0.2, 0) is 9.53 Å². The number of hydrogen-bond acceptors (Lipinski definition) is 4. The van der Waals surface area contributed by atoms with Crippen LogP contribution >= 0.6 is 0 Å². The minimum atomic E-state index is -0.600. The molecule has 4 rings (SSSR count). The van der Waals surface area contributed by atoms with Crippen molar-refractivity contribution < 1.29 is 14.3 Å². The van der Waals surface area contributed by atoms with Gasteiger partial charge in [-0.15, -0.1) is 0 Å². The smallest absolute Gasteiger partial charge is 0.254 e. The molecule has 6 heteroatoms. The molecule has 0 bridgehead atoms. The van der Waals surface area contributed by atoms with Gasteiger partial charge in [0.2, 0.25) is 5.91 Å². The number of amides is 2. The molecule has 3 heterocycles. The summed E-state index contributed by atoms with van der Waals surface area (Å²) in [5.41, 5.74) is 1.10. The first kappa shape index (κ1) is 16.7. The highest BCUT2D eigenvalue weighted by Gasteiger charge is 2.50. The fourth-order valence-electron chi connectivity index (χ4n) is 3.92. The minimum Gasteiger partial charge on any atom is -0.378 e. The zero-order valence-electron chi connectivity index (χ0n) is 14.4. The van der Waals surface area contributed by atoms with E-state index in [2.05, 4.69) is 10.3 Å². The molecule has 1 spiro atoms. The fourth-order valence-corrected chi connectivity index (χ4v) is 3.92. The van der Waals surface area contributed by atoms with Crippen molar-refractivity contribution in [2.45, 2.75) is 17.9 Å². The van der Waals surface area contributed by atoms with Gasteiger partial charge in [-0.05, 0) is 17.7 Å². The van der Waals surface area contributed by atoms with E-state index in [4.69, 9.17) is 4.74 Å². The average molecular weight is 351 g/mol. The number of rotatable bonds is 2. The van der Waals surface area contributed by atoms with Crippen LogP contribution in [0.1, 0.15) is 28.3 Å². The van der Waals surface area contributed by atoms with Crippen molar-refractivity contribution in [1.29, 1.82) is 0 Å². The van der Waals surface area contributed by atoms with Gasteiger partial charge in [0.1, 0.15) is 0 Å². The van der Waals surface area contributed by atoms with Crippen molar-refractivity contribution in [1.82, 2.24) is 15.2 Å². The Morgan fingerprint density at radius 3 is 2.73 bits per heavy atom. The average Bonchev–Trinajstić information content (AvgIpc) is 2.94. The van der Waals surface area contributed by atoms with Crippen molar-refractivity contribution in [2.75, 3.05) is 26.3 Å². The maximum absolute atomic E-state index is 13.0. The summed E-state index contributed by atoms with van der Waals surface area (Å²) in [4.78, 5) is 31.0. The van der Waals surface area contributed by atoms with Gasteiger partial charge in [-0.3, -0.25) is 14.6 Å². The highest BCUT2D eigenvalue weighted by atomic mass is 16.5. The Kier molecular flexibility index (Phi) is 4.42. The molecular weight excluding hydrogens is 330 g/mol. The molecule has 0 radical (unpaired) electrons. The number of ether oxygens (including phenoxy) is 1. The maximum atomic E-state index is 13.0. The van der Waals surface area contributed by atoms with Crippen LogP contribution in [0.15, 0.2) is 54.9 Å². The molecule has 1 aromatic carbocycles. The summed E-state index contributed by atoms with van der Waals surface area (Å²) in [5.74, 6) is -0.0955. The van der Waals surface area contributed by atoms with E-state index < -0.39 is 5.54 Å². The Labute approximate surface area is 152 Å². The summed E-state index contributed by atoms with van der Waals surface area (Å²) >= 11 is 0. The predicted octanol–water partition coefficient (Wildman–Crippen LogP) is 1.60. The Balaban J connectivity index is 1.68. The molecule has 0 saturated carbocycles. The molecule has 2 aliphatic heterocycles. The van der Waals surface area contributed by atoms with Gasteiger partial charge < -0.3 is 15.0 Å². The van der Waals surface area contributed by atoms with E-state index in [1.54, 1.807) is 24.5 Å². The van der Waals surface area contributed by atoms with Gasteiger partial charge in [-0.25, -0.2) is 0 Å². The molecule has 2 fully saturated rings. The molecule has 2 atom stereocenters. The van der Waals surface area contributed by atoms with Gasteiger partial charge in [-0.2, -0.15) is 0 Å². The van der Waals surface area contributed by atoms with Crippen LogP contribution in [-0.4, -0.2) is 53.5 Å². The lowest BCUT2D eigenvalue weighted by atomic mass is 9.82. The highest BCUT2D eigenvalue weighted by Crippen LogP contribution is 2.38. The largest absolute Gasteiger partial charge is 0.378 e. The first-order valence-electron chi connectivity index (χ1n) is 8.81. The van der Waals surface area contributed by atoms with E-state index in [0.717, 1.165) is 5.56 Å². The maximum Gasteiger partial charge on any atom is 0.254 e. The molecule has 2 aliphatic rings. The minimum absolute atomic E-state index is 0.0171. The SMILES string of the molecule is O=C1CCOC[C@]2(CN(C(=O)c3ccncc3)C[C@H]2c2ccccc2)N1. The molecule has 6 nitrogen and oxygen atoms in total. The Morgan fingerprint density at radius 2 is 1.96 bits per heavy atom. The second kappa shape index (κ2) is 6.88. The van der Waals surface area contributed by atoms with Crippen LogP contribution in [0.2, 0.25) is 0 Å². The quantitative estimate of drug-likeness (QED) is 0.892. The van der Waals surface area contributed by atoms with Gasteiger partial charge in [0.05, 0.1) is 18.8 Å². The lowest BCUT2D eigenvalue weighted by Gasteiger charge is -2.33. The summed E-state index contributed by atoms with van der Waals surface area (Å²) in [6, 6.07) is 13.5. The fraction of sp³-hybridized carbons (Fsp3) is 0.350. The van der Waals surface area contributed by atoms with E-state index >= 15 is 0 Å². The standard InChI is InChI=1S/C20H21N3O3/c24-18-8-11-26-14-20(22-18)13-23(19(25)16-6-9-21-10-7-16)12-17(20)15-4-2-1-3-5-15/h1-7,9-10,17H,8,11-14H2,(H,22,24)/t17-,20-/m0/s1. The second-order valence-corrected chi connectivity index (χ2v) is 6.89. The molecular formula is C20H21N3O3. The van der Waals surface area contributed by atoms with Gasteiger partial charge in [-0.1, -0.05) is 30.3 Å². The number of benzene rings is 1. The number of carbonyl (C=O) groups is 2. The van der Waals surface area contributed by atoms with Crippen molar-refractivity contribution >= 4 is 11.8 Å². The summed E-state index contributed by atoms with van der Waals surface area (Å²) in [5, 5.41) is 3.17. The van der Waals surface area contributed by atoms with Crippen LogP contribution in [0.5, 0.6) is 0 Å². The van der Waals surface area contributed by atoms with E-state index in [1.165, 1.54) is 0 Å². The molecule has 2 aromatic rings. The number of pyridine rings is 1. The topological polar surface area (TPSA) is 71.5 Å². The second-order valence-electron chi connectivity index (χ2n) is 6.89. The number of nitrogens with zero attached hydrogens (tertiary/aromatic N) is 2. The van der Waals surface area contributed by atoms with E-state index in [0.29, 0.717) is 38.3 Å². The monoisotopic (exact) mass is 351 g/mol. The van der Waals surface area contributed by atoms with E-state index in [1.807, 2.05) is 35.2 Å². The number of nitrogens with one attached hydrogen (secondary N) is 1. The summed E-state index contributed by atoms with van der Waals surface area (Å²) in [6.45, 7) is 1.78. The van der Waals surface area contributed by atoms with Crippen LogP contribution in [0.3, 0.4) is 0 Å². The van der Waals surface area contributed by atoms with Crippen molar-refractivity contribution in [3.8, 4) is 0 Å². The van der Waals surface area contributed by atoms with Crippen LogP contribution < -0.4 is 5.32 Å². The molecule has 1 N–H and O–H groups in total. The van der Waals surface area contributed by atoms with E-state index in [-0.39, 0.29) is 17.7 Å².